The molecule has 0 bridgehead atoms. The lowest BCUT2D eigenvalue weighted by atomic mass is 10.2. The summed E-state index contributed by atoms with van der Waals surface area (Å²) >= 11 is 9.07. The zero-order valence-corrected chi connectivity index (χ0v) is 10.8. The number of rotatable bonds is 3. The molecule has 0 N–H and O–H groups in total. The van der Waals surface area contributed by atoms with E-state index in [1.807, 2.05) is 0 Å². The summed E-state index contributed by atoms with van der Waals surface area (Å²) in [5, 5.41) is 1.28. The number of halogens is 2. The minimum absolute atomic E-state index is 0.362. The van der Waals surface area contributed by atoms with Crippen LogP contribution >= 0.6 is 27.5 Å². The summed E-state index contributed by atoms with van der Waals surface area (Å²) in [4.78, 5) is 0.362. The van der Waals surface area contributed by atoms with E-state index in [0.717, 1.165) is 10.9 Å². The molecule has 1 aromatic rings. The highest BCUT2D eigenvalue weighted by atomic mass is 79.9. The molecule has 0 heterocycles. The normalized spacial score (nSPS) is 11.6. The summed E-state index contributed by atoms with van der Waals surface area (Å²) in [6, 6.07) is 4.84. The number of sulfone groups is 1. The van der Waals surface area contributed by atoms with Gasteiger partial charge in [-0.1, -0.05) is 27.5 Å². The Labute approximate surface area is 97.3 Å². The van der Waals surface area contributed by atoms with Gasteiger partial charge in [-0.25, -0.2) is 8.42 Å². The highest BCUT2D eigenvalue weighted by molar-refractivity contribution is 9.09. The summed E-state index contributed by atoms with van der Waals surface area (Å²) < 4.78 is 22.8. The Balaban J connectivity index is 3.29. The van der Waals surface area contributed by atoms with Gasteiger partial charge in [-0.05, 0) is 30.2 Å². The third-order valence-corrected chi connectivity index (χ3v) is 3.61. The van der Waals surface area contributed by atoms with Crippen LogP contribution in [0.2, 0.25) is 5.02 Å². The first-order valence-corrected chi connectivity index (χ1v) is 7.38. The second-order valence-corrected chi connectivity index (χ2v) is 6.18. The fourth-order valence-electron chi connectivity index (χ4n) is 1.21. The first kappa shape index (κ1) is 12.0. The van der Waals surface area contributed by atoms with Crippen molar-refractivity contribution in [2.75, 3.05) is 11.6 Å². The Morgan fingerprint density at radius 3 is 2.57 bits per heavy atom. The zero-order chi connectivity index (χ0) is 10.8. The summed E-state index contributed by atoms with van der Waals surface area (Å²) in [6.07, 6.45) is 1.86. The maximum Gasteiger partial charge on any atom is 0.175 e. The van der Waals surface area contributed by atoms with E-state index in [1.165, 1.54) is 6.26 Å². The maximum absolute atomic E-state index is 11.4. The molecular formula is C9H10BrClO2S. The van der Waals surface area contributed by atoms with Gasteiger partial charge in [0.25, 0.3) is 0 Å². The second-order valence-electron chi connectivity index (χ2n) is 2.96. The van der Waals surface area contributed by atoms with Gasteiger partial charge in [-0.15, -0.1) is 0 Å². The summed E-state index contributed by atoms with van der Waals surface area (Å²) in [5.41, 5.74) is 0.761. The lowest BCUT2D eigenvalue weighted by Gasteiger charge is -2.06. The molecule has 1 aromatic carbocycles. The standard InChI is InChI=1S/C9H10BrClO2S/c1-14(12,13)9-3-2-8(11)6-7(9)4-5-10/h2-3,6H,4-5H2,1H3. The van der Waals surface area contributed by atoms with Gasteiger partial charge in [-0.2, -0.15) is 0 Å². The minimum atomic E-state index is -3.15. The predicted molar refractivity (Wildman–Crippen MR) is 62.1 cm³/mol. The van der Waals surface area contributed by atoms with E-state index in [2.05, 4.69) is 15.9 Å². The van der Waals surface area contributed by atoms with Crippen LogP contribution in [0.5, 0.6) is 0 Å². The molecule has 0 aliphatic carbocycles. The number of aryl methyl sites for hydroxylation is 1. The molecule has 0 aliphatic rings. The van der Waals surface area contributed by atoms with Crippen LogP contribution in [-0.4, -0.2) is 20.0 Å². The van der Waals surface area contributed by atoms with Crippen LogP contribution in [0.25, 0.3) is 0 Å². The first-order valence-electron chi connectivity index (χ1n) is 3.99. The molecule has 78 valence electrons. The topological polar surface area (TPSA) is 34.1 Å². The lowest BCUT2D eigenvalue weighted by Crippen LogP contribution is -2.02. The monoisotopic (exact) mass is 296 g/mol. The van der Waals surface area contributed by atoms with Gasteiger partial charge in [0.2, 0.25) is 0 Å². The quantitative estimate of drug-likeness (QED) is 0.804. The van der Waals surface area contributed by atoms with Gasteiger partial charge < -0.3 is 0 Å². The number of hydrogen-bond acceptors (Lipinski definition) is 2. The Hall–Kier alpha value is -0.0600. The second kappa shape index (κ2) is 4.64. The Kier molecular flexibility index (Phi) is 3.98. The third kappa shape index (κ3) is 2.97. The van der Waals surface area contributed by atoms with Crippen molar-refractivity contribution in [3.05, 3.63) is 28.8 Å². The molecule has 5 heteroatoms. The molecule has 14 heavy (non-hydrogen) atoms. The Morgan fingerprint density at radius 1 is 1.43 bits per heavy atom. The number of alkyl halides is 1. The van der Waals surface area contributed by atoms with E-state index >= 15 is 0 Å². The maximum atomic E-state index is 11.4. The largest absolute Gasteiger partial charge is 0.224 e. The van der Waals surface area contributed by atoms with Crippen molar-refractivity contribution in [1.29, 1.82) is 0 Å². The van der Waals surface area contributed by atoms with Crippen LogP contribution in [0.3, 0.4) is 0 Å². The summed E-state index contributed by atoms with van der Waals surface area (Å²) in [7, 11) is -3.15. The SMILES string of the molecule is CS(=O)(=O)c1ccc(Cl)cc1CCBr. The molecule has 0 saturated heterocycles. The highest BCUT2D eigenvalue weighted by Gasteiger charge is 2.12. The van der Waals surface area contributed by atoms with Gasteiger partial charge in [-0.3, -0.25) is 0 Å². The fraction of sp³-hybridized carbons (Fsp3) is 0.333. The fourth-order valence-corrected chi connectivity index (χ4v) is 2.78. The molecule has 2 nitrogen and oxygen atoms in total. The van der Waals surface area contributed by atoms with Gasteiger partial charge in [0.05, 0.1) is 4.90 Å². The van der Waals surface area contributed by atoms with Crippen LogP contribution in [0, 0.1) is 0 Å². The van der Waals surface area contributed by atoms with E-state index in [1.54, 1.807) is 18.2 Å². The van der Waals surface area contributed by atoms with Crippen molar-refractivity contribution in [3.8, 4) is 0 Å². The van der Waals surface area contributed by atoms with Gasteiger partial charge in [0.15, 0.2) is 9.84 Å². The van der Waals surface area contributed by atoms with Gasteiger partial charge >= 0.3 is 0 Å². The van der Waals surface area contributed by atoms with E-state index in [0.29, 0.717) is 16.3 Å². The summed E-state index contributed by atoms with van der Waals surface area (Å²) in [5.74, 6) is 0. The molecule has 0 spiro atoms. The molecule has 0 aromatic heterocycles. The van der Waals surface area contributed by atoms with E-state index < -0.39 is 9.84 Å². The molecule has 0 amide bonds. The van der Waals surface area contributed by atoms with Crippen LogP contribution in [0.4, 0.5) is 0 Å². The molecule has 0 atom stereocenters. The van der Waals surface area contributed by atoms with E-state index in [9.17, 15) is 8.42 Å². The molecule has 0 saturated carbocycles. The van der Waals surface area contributed by atoms with Crippen LogP contribution in [0.15, 0.2) is 23.1 Å². The van der Waals surface area contributed by atoms with E-state index in [-0.39, 0.29) is 0 Å². The number of benzene rings is 1. The average molecular weight is 298 g/mol. The minimum Gasteiger partial charge on any atom is -0.224 e. The average Bonchev–Trinajstić information content (AvgIpc) is 2.02. The van der Waals surface area contributed by atoms with Crippen LogP contribution in [-0.2, 0) is 16.3 Å². The van der Waals surface area contributed by atoms with E-state index in [4.69, 9.17) is 11.6 Å². The predicted octanol–water partition coefficient (Wildman–Crippen LogP) is 2.68. The molecule has 0 fully saturated rings. The van der Waals surface area contributed by atoms with Gasteiger partial charge in [0.1, 0.15) is 0 Å². The van der Waals surface area contributed by atoms with Crippen molar-refractivity contribution in [1.82, 2.24) is 0 Å². The van der Waals surface area contributed by atoms with Crippen molar-refractivity contribution < 1.29 is 8.42 Å². The lowest BCUT2D eigenvalue weighted by molar-refractivity contribution is 0.601. The van der Waals surface area contributed by atoms with Crippen molar-refractivity contribution in [2.45, 2.75) is 11.3 Å². The third-order valence-electron chi connectivity index (χ3n) is 1.79. The molecule has 0 aliphatic heterocycles. The van der Waals surface area contributed by atoms with Crippen molar-refractivity contribution in [2.24, 2.45) is 0 Å². The molecule has 0 unspecified atom stereocenters. The van der Waals surface area contributed by atoms with Crippen LogP contribution < -0.4 is 0 Å². The molecular weight excluding hydrogens is 288 g/mol. The Morgan fingerprint density at radius 2 is 2.07 bits per heavy atom. The van der Waals surface area contributed by atoms with Crippen molar-refractivity contribution in [3.63, 3.8) is 0 Å². The van der Waals surface area contributed by atoms with Gasteiger partial charge in [0, 0.05) is 16.6 Å². The van der Waals surface area contributed by atoms with Crippen molar-refractivity contribution >= 4 is 37.4 Å². The molecule has 0 radical (unpaired) electrons. The Bertz CT molecular complexity index is 428. The zero-order valence-electron chi connectivity index (χ0n) is 7.63. The highest BCUT2D eigenvalue weighted by Crippen LogP contribution is 2.21. The first-order chi connectivity index (χ1) is 6.45. The molecule has 1 rings (SSSR count). The smallest absolute Gasteiger partial charge is 0.175 e. The number of hydrogen-bond donors (Lipinski definition) is 0. The summed E-state index contributed by atoms with van der Waals surface area (Å²) in [6.45, 7) is 0. The van der Waals surface area contributed by atoms with Crippen LogP contribution in [0.1, 0.15) is 5.56 Å².